The predicted molar refractivity (Wildman–Crippen MR) is 80.8 cm³/mol. The van der Waals surface area contributed by atoms with E-state index in [-0.39, 0.29) is 11.2 Å². The number of hydrogen-bond donors (Lipinski definition) is 0. The van der Waals surface area contributed by atoms with Crippen molar-refractivity contribution >= 4 is 22.5 Å². The molecule has 21 heavy (non-hydrogen) atoms. The first kappa shape index (κ1) is 13.7. The van der Waals surface area contributed by atoms with Crippen molar-refractivity contribution < 1.29 is 0 Å². The highest BCUT2D eigenvalue weighted by Gasteiger charge is 2.14. The van der Waals surface area contributed by atoms with Gasteiger partial charge >= 0.3 is 5.69 Å². The molecule has 0 saturated heterocycles. The predicted octanol–water partition coefficient (Wildman–Crippen LogP) is 0.441. The van der Waals surface area contributed by atoms with Crippen LogP contribution in [0.4, 0.5) is 0 Å². The standard InChI is InChI=1S/C13H15N5O2S/c1-8-15-9(6-21-8)4-5-18-12(19)10-11(14-7-16(10)2)17(3)13(18)20/h6-7H,4-5H2,1-3H3. The van der Waals surface area contributed by atoms with E-state index in [0.29, 0.717) is 24.1 Å². The maximum Gasteiger partial charge on any atom is 0.332 e. The van der Waals surface area contributed by atoms with E-state index in [1.54, 1.807) is 36.3 Å². The van der Waals surface area contributed by atoms with Gasteiger partial charge in [0.25, 0.3) is 5.56 Å². The van der Waals surface area contributed by atoms with Gasteiger partial charge in [-0.05, 0) is 6.92 Å². The average Bonchev–Trinajstić information content (AvgIpc) is 3.03. The molecule has 3 aromatic heterocycles. The van der Waals surface area contributed by atoms with Crippen LogP contribution in [0.25, 0.3) is 11.2 Å². The van der Waals surface area contributed by atoms with Gasteiger partial charge in [-0.1, -0.05) is 0 Å². The van der Waals surface area contributed by atoms with Crippen molar-refractivity contribution in [3.63, 3.8) is 0 Å². The topological polar surface area (TPSA) is 74.7 Å². The van der Waals surface area contributed by atoms with Gasteiger partial charge in [0.1, 0.15) is 0 Å². The fraction of sp³-hybridized carbons (Fsp3) is 0.385. The molecule has 0 aromatic carbocycles. The first-order valence-electron chi connectivity index (χ1n) is 6.51. The van der Waals surface area contributed by atoms with Crippen LogP contribution in [0.3, 0.4) is 0 Å². The summed E-state index contributed by atoms with van der Waals surface area (Å²) in [5, 5.41) is 2.93. The van der Waals surface area contributed by atoms with Crippen LogP contribution in [0.15, 0.2) is 21.3 Å². The van der Waals surface area contributed by atoms with Crippen LogP contribution < -0.4 is 11.2 Å². The fourth-order valence-corrected chi connectivity index (χ4v) is 2.99. The quantitative estimate of drug-likeness (QED) is 0.704. The third-order valence-corrected chi connectivity index (χ3v) is 4.28. The Balaban J connectivity index is 2.08. The summed E-state index contributed by atoms with van der Waals surface area (Å²) in [5.41, 5.74) is 1.09. The Morgan fingerprint density at radius 1 is 1.29 bits per heavy atom. The monoisotopic (exact) mass is 305 g/mol. The Morgan fingerprint density at radius 2 is 2.05 bits per heavy atom. The molecule has 0 spiro atoms. The summed E-state index contributed by atoms with van der Waals surface area (Å²) in [5.74, 6) is 0. The summed E-state index contributed by atoms with van der Waals surface area (Å²) in [6.07, 6.45) is 2.10. The summed E-state index contributed by atoms with van der Waals surface area (Å²) in [6.45, 7) is 2.25. The Kier molecular flexibility index (Phi) is 3.25. The molecule has 0 bridgehead atoms. The molecular formula is C13H15N5O2S. The first-order chi connectivity index (χ1) is 9.99. The molecule has 0 unspecified atom stereocenters. The van der Waals surface area contributed by atoms with Crippen molar-refractivity contribution in [3.8, 4) is 0 Å². The molecule has 110 valence electrons. The van der Waals surface area contributed by atoms with Crippen molar-refractivity contribution in [1.29, 1.82) is 0 Å². The average molecular weight is 305 g/mol. The van der Waals surface area contributed by atoms with Gasteiger partial charge in [0.2, 0.25) is 0 Å². The largest absolute Gasteiger partial charge is 0.332 e. The van der Waals surface area contributed by atoms with Crippen molar-refractivity contribution in [2.45, 2.75) is 19.9 Å². The Morgan fingerprint density at radius 3 is 2.71 bits per heavy atom. The van der Waals surface area contributed by atoms with Gasteiger partial charge in [0.05, 0.1) is 17.0 Å². The molecule has 0 radical (unpaired) electrons. The summed E-state index contributed by atoms with van der Waals surface area (Å²) >= 11 is 1.56. The summed E-state index contributed by atoms with van der Waals surface area (Å²) in [6, 6.07) is 0. The highest BCUT2D eigenvalue weighted by Crippen LogP contribution is 2.09. The fourth-order valence-electron chi connectivity index (χ4n) is 2.34. The lowest BCUT2D eigenvalue weighted by Gasteiger charge is -2.07. The molecule has 0 aliphatic heterocycles. The molecule has 0 aliphatic rings. The van der Waals surface area contributed by atoms with E-state index in [4.69, 9.17) is 0 Å². The van der Waals surface area contributed by atoms with Gasteiger partial charge in [-0.3, -0.25) is 13.9 Å². The maximum absolute atomic E-state index is 12.5. The third-order valence-electron chi connectivity index (χ3n) is 3.46. The summed E-state index contributed by atoms with van der Waals surface area (Å²) in [4.78, 5) is 33.2. The zero-order valence-electron chi connectivity index (χ0n) is 12.0. The zero-order chi connectivity index (χ0) is 15.1. The van der Waals surface area contributed by atoms with E-state index in [9.17, 15) is 9.59 Å². The first-order valence-corrected chi connectivity index (χ1v) is 7.39. The minimum atomic E-state index is -0.349. The van der Waals surface area contributed by atoms with Gasteiger partial charge in [-0.15, -0.1) is 11.3 Å². The third kappa shape index (κ3) is 2.21. The number of nitrogens with zero attached hydrogens (tertiary/aromatic N) is 5. The van der Waals surface area contributed by atoms with Gasteiger partial charge in [0, 0.05) is 32.4 Å². The smallest absolute Gasteiger partial charge is 0.328 e. The normalized spacial score (nSPS) is 11.4. The lowest BCUT2D eigenvalue weighted by Crippen LogP contribution is -2.40. The number of aromatic nitrogens is 5. The molecule has 8 heteroatoms. The second kappa shape index (κ2) is 4.96. The van der Waals surface area contributed by atoms with Gasteiger partial charge in [-0.2, -0.15) is 0 Å². The maximum atomic E-state index is 12.5. The second-order valence-electron chi connectivity index (χ2n) is 4.93. The van der Waals surface area contributed by atoms with Crippen LogP contribution in [0.1, 0.15) is 10.7 Å². The van der Waals surface area contributed by atoms with E-state index in [1.165, 1.54) is 9.13 Å². The van der Waals surface area contributed by atoms with Gasteiger partial charge in [-0.25, -0.2) is 14.8 Å². The zero-order valence-corrected chi connectivity index (χ0v) is 12.8. The van der Waals surface area contributed by atoms with Crippen LogP contribution in [0, 0.1) is 6.92 Å². The highest BCUT2D eigenvalue weighted by atomic mass is 32.1. The lowest BCUT2D eigenvalue weighted by molar-refractivity contribution is 0.597. The SMILES string of the molecule is Cc1nc(CCn2c(=O)c3c(ncn3C)n(C)c2=O)cs1. The lowest BCUT2D eigenvalue weighted by atomic mass is 10.3. The number of rotatable bonds is 3. The van der Waals surface area contributed by atoms with E-state index in [0.717, 1.165) is 10.7 Å². The number of imidazole rings is 1. The number of aryl methyl sites for hydroxylation is 4. The molecule has 0 atom stereocenters. The molecule has 0 aliphatic carbocycles. The molecule has 0 saturated carbocycles. The van der Waals surface area contributed by atoms with Crippen LogP contribution in [-0.2, 0) is 27.1 Å². The van der Waals surface area contributed by atoms with Crippen LogP contribution in [0.2, 0.25) is 0 Å². The Bertz CT molecular complexity index is 930. The highest BCUT2D eigenvalue weighted by molar-refractivity contribution is 7.09. The second-order valence-corrected chi connectivity index (χ2v) is 6.00. The van der Waals surface area contributed by atoms with E-state index in [1.807, 2.05) is 12.3 Å². The van der Waals surface area contributed by atoms with Crippen molar-refractivity contribution in [2.24, 2.45) is 14.1 Å². The van der Waals surface area contributed by atoms with E-state index >= 15 is 0 Å². The molecule has 3 rings (SSSR count). The van der Waals surface area contributed by atoms with E-state index < -0.39 is 0 Å². The Labute approximate surface area is 124 Å². The minimum absolute atomic E-state index is 0.306. The summed E-state index contributed by atoms with van der Waals surface area (Å²) in [7, 11) is 3.37. The number of fused-ring (bicyclic) bond motifs is 1. The van der Waals surface area contributed by atoms with E-state index in [2.05, 4.69) is 9.97 Å². The molecular weight excluding hydrogens is 290 g/mol. The van der Waals surface area contributed by atoms with Crippen molar-refractivity contribution in [2.75, 3.05) is 0 Å². The molecule has 0 amide bonds. The molecule has 0 fully saturated rings. The molecule has 3 aromatic rings. The molecule has 0 N–H and O–H groups in total. The van der Waals surface area contributed by atoms with Crippen molar-refractivity contribution in [3.05, 3.63) is 43.2 Å². The minimum Gasteiger partial charge on any atom is -0.328 e. The van der Waals surface area contributed by atoms with Crippen LogP contribution in [0.5, 0.6) is 0 Å². The van der Waals surface area contributed by atoms with Crippen molar-refractivity contribution in [1.82, 2.24) is 23.7 Å². The number of hydrogen-bond acceptors (Lipinski definition) is 5. The van der Waals surface area contributed by atoms with Gasteiger partial charge < -0.3 is 4.57 Å². The number of thiazole rings is 1. The summed E-state index contributed by atoms with van der Waals surface area (Å²) < 4.78 is 4.29. The van der Waals surface area contributed by atoms with Gasteiger partial charge in [0.15, 0.2) is 11.2 Å². The van der Waals surface area contributed by atoms with Crippen LogP contribution >= 0.6 is 11.3 Å². The Hall–Kier alpha value is -2.22. The molecule has 7 nitrogen and oxygen atoms in total. The van der Waals surface area contributed by atoms with Crippen LogP contribution in [-0.4, -0.2) is 23.7 Å². The molecule has 3 heterocycles.